The van der Waals surface area contributed by atoms with Crippen molar-refractivity contribution in [2.75, 3.05) is 18.1 Å². The van der Waals surface area contributed by atoms with E-state index < -0.39 is 10.0 Å². The van der Waals surface area contributed by atoms with Crippen LogP contribution in [0.5, 0.6) is 0 Å². The van der Waals surface area contributed by atoms with Crippen LogP contribution in [-0.2, 0) is 27.8 Å². The van der Waals surface area contributed by atoms with Gasteiger partial charge < -0.3 is 5.32 Å². The molecule has 0 radical (unpaired) electrons. The predicted octanol–water partition coefficient (Wildman–Crippen LogP) is 1.35. The Hall–Kier alpha value is -1.40. The van der Waals surface area contributed by atoms with Crippen LogP contribution < -0.4 is 5.32 Å². The van der Waals surface area contributed by atoms with E-state index in [1.165, 1.54) is 10.6 Å². The molecule has 1 heterocycles. The number of fused-ring (bicyclic) bond motifs is 1. The lowest BCUT2D eigenvalue weighted by atomic mass is 10.0. The predicted molar refractivity (Wildman–Crippen MR) is 76.8 cm³/mol. The SMILES string of the molecule is CS(=O)(=O)N1CCc2ccc(NC(=O)C3CC3)cc2C1. The minimum absolute atomic E-state index is 0.0701. The van der Waals surface area contributed by atoms with E-state index in [2.05, 4.69) is 5.32 Å². The number of amides is 1. The van der Waals surface area contributed by atoms with Crippen molar-refractivity contribution in [1.29, 1.82) is 0 Å². The van der Waals surface area contributed by atoms with Crippen LogP contribution in [0.15, 0.2) is 18.2 Å². The summed E-state index contributed by atoms with van der Waals surface area (Å²) in [5.74, 6) is 0.235. The first kappa shape index (κ1) is 13.6. The van der Waals surface area contributed by atoms with Crippen molar-refractivity contribution in [3.05, 3.63) is 29.3 Å². The average Bonchev–Trinajstić information content (AvgIpc) is 3.21. The molecule has 2 aliphatic rings. The first-order valence-electron chi connectivity index (χ1n) is 6.81. The van der Waals surface area contributed by atoms with E-state index in [1.54, 1.807) is 0 Å². The van der Waals surface area contributed by atoms with E-state index in [-0.39, 0.29) is 11.8 Å². The van der Waals surface area contributed by atoms with Gasteiger partial charge in [0.05, 0.1) is 6.26 Å². The van der Waals surface area contributed by atoms with Gasteiger partial charge in [-0.25, -0.2) is 8.42 Å². The maximum atomic E-state index is 11.7. The minimum atomic E-state index is -3.16. The van der Waals surface area contributed by atoms with Gasteiger partial charge in [-0.05, 0) is 42.5 Å². The molecule has 3 rings (SSSR count). The second-order valence-electron chi connectivity index (χ2n) is 5.59. The van der Waals surface area contributed by atoms with Crippen LogP contribution in [0, 0.1) is 5.92 Å². The standard InChI is InChI=1S/C14H18N2O3S/c1-20(18,19)16-7-6-10-4-5-13(8-12(10)9-16)15-14(17)11-2-3-11/h4-5,8,11H,2-3,6-7,9H2,1H3,(H,15,17). The molecule has 1 aromatic rings. The number of hydrogen-bond donors (Lipinski definition) is 1. The summed E-state index contributed by atoms with van der Waals surface area (Å²) in [6.45, 7) is 0.918. The molecule has 0 bridgehead atoms. The van der Waals surface area contributed by atoms with E-state index in [9.17, 15) is 13.2 Å². The fourth-order valence-corrected chi connectivity index (χ4v) is 3.28. The largest absolute Gasteiger partial charge is 0.326 e. The number of hydrogen-bond acceptors (Lipinski definition) is 3. The molecule has 1 N–H and O–H groups in total. The third-order valence-corrected chi connectivity index (χ3v) is 5.12. The van der Waals surface area contributed by atoms with Gasteiger partial charge >= 0.3 is 0 Å². The summed E-state index contributed by atoms with van der Waals surface area (Å²) in [7, 11) is -3.16. The van der Waals surface area contributed by atoms with E-state index in [0.717, 1.165) is 36.1 Å². The monoisotopic (exact) mass is 294 g/mol. The van der Waals surface area contributed by atoms with Crippen molar-refractivity contribution in [2.45, 2.75) is 25.8 Å². The molecule has 0 spiro atoms. The highest BCUT2D eigenvalue weighted by molar-refractivity contribution is 7.88. The molecule has 1 aliphatic heterocycles. The van der Waals surface area contributed by atoms with Crippen molar-refractivity contribution < 1.29 is 13.2 Å². The molecule has 5 nitrogen and oxygen atoms in total. The van der Waals surface area contributed by atoms with Gasteiger partial charge in [0.1, 0.15) is 0 Å². The van der Waals surface area contributed by atoms with Gasteiger partial charge in [0.25, 0.3) is 0 Å². The summed E-state index contributed by atoms with van der Waals surface area (Å²) in [6.07, 6.45) is 3.90. The first-order valence-corrected chi connectivity index (χ1v) is 8.66. The number of sulfonamides is 1. The summed E-state index contributed by atoms with van der Waals surface area (Å²) >= 11 is 0. The maximum absolute atomic E-state index is 11.7. The normalized spacial score (nSPS) is 19.4. The summed E-state index contributed by atoms with van der Waals surface area (Å²) in [4.78, 5) is 11.7. The van der Waals surface area contributed by atoms with Crippen molar-refractivity contribution in [2.24, 2.45) is 5.92 Å². The van der Waals surface area contributed by atoms with Crippen LogP contribution in [0.4, 0.5) is 5.69 Å². The molecule has 1 aliphatic carbocycles. The zero-order chi connectivity index (χ0) is 14.3. The second kappa shape index (κ2) is 4.86. The van der Waals surface area contributed by atoms with E-state index in [1.807, 2.05) is 18.2 Å². The summed E-state index contributed by atoms with van der Waals surface area (Å²) in [5, 5.41) is 2.90. The maximum Gasteiger partial charge on any atom is 0.227 e. The molecule has 6 heteroatoms. The van der Waals surface area contributed by atoms with Crippen molar-refractivity contribution in [1.82, 2.24) is 4.31 Å². The lowest BCUT2D eigenvalue weighted by Crippen LogP contribution is -2.35. The number of nitrogens with one attached hydrogen (secondary N) is 1. The second-order valence-corrected chi connectivity index (χ2v) is 7.58. The fourth-order valence-electron chi connectivity index (χ4n) is 2.48. The van der Waals surface area contributed by atoms with Crippen LogP contribution in [0.1, 0.15) is 24.0 Å². The van der Waals surface area contributed by atoms with Crippen molar-refractivity contribution >= 4 is 21.6 Å². The smallest absolute Gasteiger partial charge is 0.227 e. The topological polar surface area (TPSA) is 66.5 Å². The van der Waals surface area contributed by atoms with Crippen LogP contribution >= 0.6 is 0 Å². The van der Waals surface area contributed by atoms with Crippen molar-refractivity contribution in [3.8, 4) is 0 Å². The lowest BCUT2D eigenvalue weighted by Gasteiger charge is -2.27. The van der Waals surface area contributed by atoms with E-state index in [0.29, 0.717) is 13.1 Å². The molecular formula is C14H18N2O3S. The highest BCUT2D eigenvalue weighted by Crippen LogP contribution is 2.31. The Morgan fingerprint density at radius 1 is 1.30 bits per heavy atom. The van der Waals surface area contributed by atoms with Gasteiger partial charge in [0, 0.05) is 24.7 Å². The Morgan fingerprint density at radius 2 is 2.05 bits per heavy atom. The van der Waals surface area contributed by atoms with Gasteiger partial charge in [-0.15, -0.1) is 0 Å². The van der Waals surface area contributed by atoms with E-state index in [4.69, 9.17) is 0 Å². The molecule has 1 saturated carbocycles. The van der Waals surface area contributed by atoms with Crippen LogP contribution in [0.3, 0.4) is 0 Å². The average molecular weight is 294 g/mol. The molecule has 108 valence electrons. The summed E-state index contributed by atoms with van der Waals surface area (Å²) < 4.78 is 24.7. The molecule has 0 saturated heterocycles. The Balaban J connectivity index is 1.79. The Kier molecular flexibility index (Phi) is 3.30. The molecule has 1 amide bonds. The number of rotatable bonds is 3. The number of carbonyl (C=O) groups excluding carboxylic acids is 1. The van der Waals surface area contributed by atoms with Crippen LogP contribution in [0.25, 0.3) is 0 Å². The van der Waals surface area contributed by atoms with Gasteiger partial charge in [0.2, 0.25) is 15.9 Å². The van der Waals surface area contributed by atoms with Crippen molar-refractivity contribution in [3.63, 3.8) is 0 Å². The quantitative estimate of drug-likeness (QED) is 0.915. The number of carbonyl (C=O) groups is 1. The molecule has 20 heavy (non-hydrogen) atoms. The third-order valence-electron chi connectivity index (χ3n) is 3.87. The molecule has 0 atom stereocenters. The minimum Gasteiger partial charge on any atom is -0.326 e. The first-order chi connectivity index (χ1) is 9.43. The highest BCUT2D eigenvalue weighted by Gasteiger charge is 2.30. The molecular weight excluding hydrogens is 276 g/mol. The Morgan fingerprint density at radius 3 is 2.70 bits per heavy atom. The number of benzene rings is 1. The summed E-state index contributed by atoms with van der Waals surface area (Å²) in [5.41, 5.74) is 2.90. The van der Waals surface area contributed by atoms with Gasteiger partial charge in [0.15, 0.2) is 0 Å². The Labute approximate surface area is 119 Å². The Bertz CT molecular complexity index is 650. The lowest BCUT2D eigenvalue weighted by molar-refractivity contribution is -0.117. The number of anilines is 1. The third kappa shape index (κ3) is 2.86. The highest BCUT2D eigenvalue weighted by atomic mass is 32.2. The van der Waals surface area contributed by atoms with Crippen LogP contribution in [-0.4, -0.2) is 31.4 Å². The van der Waals surface area contributed by atoms with Gasteiger partial charge in [-0.2, -0.15) is 4.31 Å². The molecule has 0 unspecified atom stereocenters. The van der Waals surface area contributed by atoms with Gasteiger partial charge in [-0.3, -0.25) is 4.79 Å². The van der Waals surface area contributed by atoms with Gasteiger partial charge in [-0.1, -0.05) is 6.07 Å². The van der Waals surface area contributed by atoms with Crippen LogP contribution in [0.2, 0.25) is 0 Å². The molecule has 0 aromatic heterocycles. The summed E-state index contributed by atoms with van der Waals surface area (Å²) in [6, 6.07) is 5.78. The molecule has 1 aromatic carbocycles. The zero-order valence-corrected chi connectivity index (χ0v) is 12.2. The molecule has 1 fully saturated rings. The fraction of sp³-hybridized carbons (Fsp3) is 0.500. The number of nitrogens with zero attached hydrogens (tertiary/aromatic N) is 1. The van der Waals surface area contributed by atoms with E-state index >= 15 is 0 Å². The zero-order valence-electron chi connectivity index (χ0n) is 11.4.